The predicted molar refractivity (Wildman–Crippen MR) is 81.7 cm³/mol. The number of aromatic nitrogens is 3. The van der Waals surface area contributed by atoms with Crippen LogP contribution in [0, 0.1) is 0 Å². The topological polar surface area (TPSA) is 67.8 Å². The zero-order valence-electron chi connectivity index (χ0n) is 10.5. The van der Waals surface area contributed by atoms with Gasteiger partial charge in [-0.3, -0.25) is 9.78 Å². The van der Waals surface area contributed by atoms with Crippen molar-refractivity contribution in [1.29, 1.82) is 0 Å². The quantitative estimate of drug-likeness (QED) is 0.784. The second-order valence-electron chi connectivity index (χ2n) is 4.24. The smallest absolute Gasteiger partial charge is 0.257 e. The molecular formula is C14H8Cl2N4O. The maximum atomic E-state index is 12.2. The van der Waals surface area contributed by atoms with Crippen molar-refractivity contribution in [3.63, 3.8) is 0 Å². The third-order valence-corrected chi connectivity index (χ3v) is 3.14. The third kappa shape index (κ3) is 3.09. The van der Waals surface area contributed by atoms with Crippen LogP contribution in [0.3, 0.4) is 0 Å². The molecule has 7 heteroatoms. The van der Waals surface area contributed by atoms with E-state index in [1.165, 1.54) is 6.20 Å². The van der Waals surface area contributed by atoms with Crippen LogP contribution in [0.4, 0.5) is 5.69 Å². The molecule has 2 heterocycles. The molecule has 0 saturated carbocycles. The lowest BCUT2D eigenvalue weighted by atomic mass is 10.2. The molecule has 21 heavy (non-hydrogen) atoms. The summed E-state index contributed by atoms with van der Waals surface area (Å²) in [5, 5.41) is 3.60. The summed E-state index contributed by atoms with van der Waals surface area (Å²) in [6.07, 6.45) is 4.53. The van der Waals surface area contributed by atoms with E-state index in [0.717, 1.165) is 0 Å². The van der Waals surface area contributed by atoms with Crippen molar-refractivity contribution < 1.29 is 4.79 Å². The van der Waals surface area contributed by atoms with E-state index in [9.17, 15) is 4.79 Å². The molecule has 1 aromatic carbocycles. The van der Waals surface area contributed by atoms with Gasteiger partial charge in [0.15, 0.2) is 5.65 Å². The molecule has 0 aliphatic rings. The number of hydrogen-bond acceptors (Lipinski definition) is 4. The summed E-state index contributed by atoms with van der Waals surface area (Å²) in [7, 11) is 0. The first kappa shape index (κ1) is 13.7. The highest BCUT2D eigenvalue weighted by atomic mass is 35.5. The number of carbonyl (C=O) groups excluding carboxylic acids is 1. The molecule has 0 spiro atoms. The van der Waals surface area contributed by atoms with Crippen LogP contribution in [0.5, 0.6) is 0 Å². The van der Waals surface area contributed by atoms with E-state index in [4.69, 9.17) is 23.2 Å². The molecule has 1 amide bonds. The molecule has 0 radical (unpaired) electrons. The minimum Gasteiger partial charge on any atom is -0.322 e. The summed E-state index contributed by atoms with van der Waals surface area (Å²) in [6, 6.07) is 6.43. The first-order valence-electron chi connectivity index (χ1n) is 5.96. The van der Waals surface area contributed by atoms with Gasteiger partial charge in [0.25, 0.3) is 5.91 Å². The number of amides is 1. The van der Waals surface area contributed by atoms with Gasteiger partial charge in [-0.2, -0.15) is 0 Å². The number of anilines is 1. The number of hydrogen-bond donors (Lipinski definition) is 1. The second kappa shape index (κ2) is 5.63. The summed E-state index contributed by atoms with van der Waals surface area (Å²) in [5.41, 5.74) is 1.92. The van der Waals surface area contributed by atoms with E-state index in [0.29, 0.717) is 32.5 Å². The van der Waals surface area contributed by atoms with Gasteiger partial charge in [0.1, 0.15) is 5.52 Å². The van der Waals surface area contributed by atoms with Crippen LogP contribution < -0.4 is 5.32 Å². The van der Waals surface area contributed by atoms with Crippen LogP contribution in [0.25, 0.3) is 11.2 Å². The summed E-state index contributed by atoms with van der Waals surface area (Å²) in [6.45, 7) is 0. The van der Waals surface area contributed by atoms with Crippen molar-refractivity contribution in [1.82, 2.24) is 15.0 Å². The molecule has 0 bridgehead atoms. The Morgan fingerprint density at radius 1 is 0.952 bits per heavy atom. The van der Waals surface area contributed by atoms with Gasteiger partial charge in [-0.15, -0.1) is 0 Å². The Balaban J connectivity index is 1.89. The minimum absolute atomic E-state index is 0.326. The molecule has 2 aromatic heterocycles. The van der Waals surface area contributed by atoms with Crippen LogP contribution >= 0.6 is 23.2 Å². The highest BCUT2D eigenvalue weighted by molar-refractivity contribution is 6.35. The molecule has 1 N–H and O–H groups in total. The number of pyridine rings is 1. The van der Waals surface area contributed by atoms with Crippen LogP contribution in [0.15, 0.2) is 42.9 Å². The van der Waals surface area contributed by atoms with Crippen molar-refractivity contribution in [2.75, 3.05) is 5.32 Å². The van der Waals surface area contributed by atoms with E-state index in [1.807, 2.05) is 0 Å². The van der Waals surface area contributed by atoms with Crippen LogP contribution in [0.1, 0.15) is 10.4 Å². The van der Waals surface area contributed by atoms with Gasteiger partial charge >= 0.3 is 0 Å². The van der Waals surface area contributed by atoms with Gasteiger partial charge in [-0.1, -0.05) is 23.2 Å². The number of nitrogens with one attached hydrogen (secondary N) is 1. The van der Waals surface area contributed by atoms with E-state index < -0.39 is 0 Å². The molecule has 3 rings (SSSR count). The van der Waals surface area contributed by atoms with E-state index in [-0.39, 0.29) is 5.91 Å². The van der Waals surface area contributed by atoms with E-state index in [2.05, 4.69) is 20.3 Å². The van der Waals surface area contributed by atoms with E-state index in [1.54, 1.807) is 36.7 Å². The maximum absolute atomic E-state index is 12.2. The Kier molecular flexibility index (Phi) is 3.68. The fourth-order valence-electron chi connectivity index (χ4n) is 1.81. The average Bonchev–Trinajstić information content (AvgIpc) is 2.45. The highest BCUT2D eigenvalue weighted by Crippen LogP contribution is 2.23. The van der Waals surface area contributed by atoms with Gasteiger partial charge < -0.3 is 5.32 Å². The van der Waals surface area contributed by atoms with Crippen LogP contribution in [-0.2, 0) is 0 Å². The first-order chi connectivity index (χ1) is 10.1. The standard InChI is InChI=1S/C14H8Cl2N4O/c15-9-4-10(16)6-11(5-9)20-14(21)8-3-12-13(19-7-8)18-2-1-17-12/h1-7H,(H,20,21). The number of carbonyl (C=O) groups is 1. The zero-order chi connectivity index (χ0) is 14.8. The molecule has 0 aliphatic heterocycles. The lowest BCUT2D eigenvalue weighted by Gasteiger charge is -2.06. The van der Waals surface area contributed by atoms with Gasteiger partial charge in [0, 0.05) is 34.3 Å². The van der Waals surface area contributed by atoms with Crippen molar-refractivity contribution in [2.45, 2.75) is 0 Å². The van der Waals surface area contributed by atoms with Gasteiger partial charge in [0.2, 0.25) is 0 Å². The number of halogens is 2. The van der Waals surface area contributed by atoms with Gasteiger partial charge in [0.05, 0.1) is 5.56 Å². The number of nitrogens with zero attached hydrogens (tertiary/aromatic N) is 3. The first-order valence-corrected chi connectivity index (χ1v) is 6.71. The Labute approximate surface area is 130 Å². The molecule has 3 aromatic rings. The minimum atomic E-state index is -0.326. The van der Waals surface area contributed by atoms with Crippen LogP contribution in [0.2, 0.25) is 10.0 Å². The summed E-state index contributed by atoms with van der Waals surface area (Å²) in [5.74, 6) is -0.326. The average molecular weight is 319 g/mol. The normalized spacial score (nSPS) is 10.6. The molecule has 0 atom stereocenters. The molecule has 0 unspecified atom stereocenters. The fraction of sp³-hybridized carbons (Fsp3) is 0. The monoisotopic (exact) mass is 318 g/mol. The summed E-state index contributed by atoms with van der Waals surface area (Å²) in [4.78, 5) is 24.4. The second-order valence-corrected chi connectivity index (χ2v) is 5.11. The van der Waals surface area contributed by atoms with Crippen molar-refractivity contribution in [3.05, 3.63) is 58.5 Å². The molecule has 104 valence electrons. The Hall–Kier alpha value is -2.24. The Morgan fingerprint density at radius 2 is 1.67 bits per heavy atom. The SMILES string of the molecule is O=C(Nc1cc(Cl)cc(Cl)c1)c1cnc2nccnc2c1. The van der Waals surface area contributed by atoms with Crippen molar-refractivity contribution in [3.8, 4) is 0 Å². The molecular weight excluding hydrogens is 311 g/mol. The largest absolute Gasteiger partial charge is 0.322 e. The summed E-state index contributed by atoms with van der Waals surface area (Å²) < 4.78 is 0. The number of rotatable bonds is 2. The van der Waals surface area contributed by atoms with Crippen LogP contribution in [-0.4, -0.2) is 20.9 Å². The highest BCUT2D eigenvalue weighted by Gasteiger charge is 2.09. The lowest BCUT2D eigenvalue weighted by Crippen LogP contribution is -2.12. The lowest BCUT2D eigenvalue weighted by molar-refractivity contribution is 0.102. The third-order valence-electron chi connectivity index (χ3n) is 2.71. The molecule has 0 fully saturated rings. The van der Waals surface area contributed by atoms with E-state index >= 15 is 0 Å². The molecule has 0 saturated heterocycles. The predicted octanol–water partition coefficient (Wildman–Crippen LogP) is 3.58. The van der Waals surface area contributed by atoms with Gasteiger partial charge in [-0.05, 0) is 24.3 Å². The Bertz CT molecular complexity index is 818. The fourth-order valence-corrected chi connectivity index (χ4v) is 2.34. The Morgan fingerprint density at radius 3 is 2.43 bits per heavy atom. The number of benzene rings is 1. The maximum Gasteiger partial charge on any atom is 0.257 e. The van der Waals surface area contributed by atoms with Gasteiger partial charge in [-0.25, -0.2) is 9.97 Å². The van der Waals surface area contributed by atoms with Crippen molar-refractivity contribution >= 4 is 46.0 Å². The summed E-state index contributed by atoms with van der Waals surface area (Å²) >= 11 is 11.8. The zero-order valence-corrected chi connectivity index (χ0v) is 12.1. The molecule has 0 aliphatic carbocycles. The molecule has 5 nitrogen and oxygen atoms in total. The van der Waals surface area contributed by atoms with Crippen molar-refractivity contribution in [2.24, 2.45) is 0 Å². The number of fused-ring (bicyclic) bond motifs is 1.